The van der Waals surface area contributed by atoms with Gasteiger partial charge in [-0.1, -0.05) is 45.4 Å². The van der Waals surface area contributed by atoms with Gasteiger partial charge in [-0.05, 0) is 30.3 Å². The lowest BCUT2D eigenvalue weighted by Crippen LogP contribution is -2.22. The van der Waals surface area contributed by atoms with E-state index in [0.717, 1.165) is 15.4 Å². The molecule has 2 aromatic carbocycles. The first kappa shape index (κ1) is 15.7. The first-order valence-corrected chi connectivity index (χ1v) is 8.47. The summed E-state index contributed by atoms with van der Waals surface area (Å²) in [5, 5.41) is 7.81. The van der Waals surface area contributed by atoms with Crippen LogP contribution in [0, 0.1) is 0 Å². The highest BCUT2D eigenvalue weighted by molar-refractivity contribution is 9.10. The Bertz CT molecular complexity index is 1020. The molecule has 6 heteroatoms. The number of para-hydroxylation sites is 1. The summed E-state index contributed by atoms with van der Waals surface area (Å²) in [5.74, 6) is 0.968. The monoisotopic (exact) mass is 396 g/mol. The van der Waals surface area contributed by atoms with E-state index in [-0.39, 0.29) is 12.5 Å². The summed E-state index contributed by atoms with van der Waals surface area (Å²) in [5.41, 5.74) is 1.99. The lowest BCUT2D eigenvalue weighted by atomic mass is 10.2. The quantitative estimate of drug-likeness (QED) is 0.538. The highest BCUT2D eigenvalue weighted by atomic mass is 79.9. The van der Waals surface area contributed by atoms with Gasteiger partial charge in [0.1, 0.15) is 11.3 Å². The van der Waals surface area contributed by atoms with Crippen LogP contribution in [0.15, 0.2) is 74.1 Å². The van der Waals surface area contributed by atoms with Crippen LogP contribution in [0.3, 0.4) is 0 Å². The Labute approximate surface area is 151 Å². The van der Waals surface area contributed by atoms with Gasteiger partial charge in [-0.3, -0.25) is 4.79 Å². The van der Waals surface area contributed by atoms with Gasteiger partial charge >= 0.3 is 0 Å². The molecule has 1 amide bonds. The van der Waals surface area contributed by atoms with Gasteiger partial charge in [0.25, 0.3) is 5.91 Å². The van der Waals surface area contributed by atoms with Crippen molar-refractivity contribution in [3.8, 4) is 11.5 Å². The maximum atomic E-state index is 12.2. The van der Waals surface area contributed by atoms with E-state index in [0.29, 0.717) is 22.8 Å². The molecule has 5 nitrogen and oxygen atoms in total. The lowest BCUT2D eigenvalue weighted by Gasteiger charge is -2.03. The van der Waals surface area contributed by atoms with Crippen molar-refractivity contribution in [3.63, 3.8) is 0 Å². The minimum absolute atomic E-state index is 0.172. The Kier molecular flexibility index (Phi) is 4.11. The molecule has 0 bridgehead atoms. The zero-order valence-corrected chi connectivity index (χ0v) is 14.6. The fourth-order valence-corrected chi connectivity index (χ4v) is 2.92. The molecule has 0 spiro atoms. The molecule has 0 saturated carbocycles. The van der Waals surface area contributed by atoms with Gasteiger partial charge in [-0.15, -0.1) is 0 Å². The van der Waals surface area contributed by atoms with Crippen LogP contribution in [0.5, 0.6) is 0 Å². The molecule has 0 aliphatic rings. The predicted molar refractivity (Wildman–Crippen MR) is 97.0 cm³/mol. The fourth-order valence-electron chi connectivity index (χ4n) is 2.52. The van der Waals surface area contributed by atoms with E-state index in [4.69, 9.17) is 8.94 Å². The first-order valence-electron chi connectivity index (χ1n) is 7.67. The fraction of sp³-hybridized carbons (Fsp3) is 0.0526. The summed E-state index contributed by atoms with van der Waals surface area (Å²) in [7, 11) is 0. The van der Waals surface area contributed by atoms with Gasteiger partial charge < -0.3 is 14.3 Å². The molecule has 25 heavy (non-hydrogen) atoms. The number of nitrogens with one attached hydrogen (secondary N) is 1. The molecule has 0 atom stereocenters. The second-order valence-corrected chi connectivity index (χ2v) is 6.44. The minimum atomic E-state index is -0.172. The normalized spacial score (nSPS) is 10.9. The average molecular weight is 397 g/mol. The van der Waals surface area contributed by atoms with Crippen molar-refractivity contribution in [2.24, 2.45) is 0 Å². The zero-order chi connectivity index (χ0) is 17.2. The molecule has 0 unspecified atom stereocenters. The van der Waals surface area contributed by atoms with Crippen molar-refractivity contribution in [2.75, 3.05) is 0 Å². The molecule has 0 saturated heterocycles. The number of halogens is 1. The topological polar surface area (TPSA) is 68.3 Å². The van der Waals surface area contributed by atoms with E-state index in [1.54, 1.807) is 18.2 Å². The third-order valence-corrected chi connectivity index (χ3v) is 4.24. The number of nitrogens with zero attached hydrogens (tertiary/aromatic N) is 1. The van der Waals surface area contributed by atoms with Gasteiger partial charge in [0.2, 0.25) is 5.76 Å². The molecular formula is C19H13BrN2O3. The van der Waals surface area contributed by atoms with Crippen molar-refractivity contribution < 1.29 is 13.7 Å². The Morgan fingerprint density at radius 2 is 1.92 bits per heavy atom. The van der Waals surface area contributed by atoms with Crippen LogP contribution in [0.2, 0.25) is 0 Å². The third kappa shape index (κ3) is 3.34. The number of hydrogen-bond acceptors (Lipinski definition) is 4. The SMILES string of the molecule is O=C(NCc1cc(-c2cc3ccccc3o2)on1)c1cccc(Br)c1. The molecule has 0 fully saturated rings. The van der Waals surface area contributed by atoms with Crippen LogP contribution < -0.4 is 5.32 Å². The highest BCUT2D eigenvalue weighted by Gasteiger charge is 2.13. The van der Waals surface area contributed by atoms with Gasteiger partial charge in [-0.25, -0.2) is 0 Å². The van der Waals surface area contributed by atoms with Crippen LogP contribution in [-0.2, 0) is 6.54 Å². The van der Waals surface area contributed by atoms with E-state index in [9.17, 15) is 4.79 Å². The Hall–Kier alpha value is -2.86. The first-order chi connectivity index (χ1) is 12.2. The molecule has 2 heterocycles. The molecular weight excluding hydrogens is 384 g/mol. The molecule has 4 aromatic rings. The van der Waals surface area contributed by atoms with E-state index in [2.05, 4.69) is 26.4 Å². The van der Waals surface area contributed by atoms with Crippen molar-refractivity contribution in [2.45, 2.75) is 6.54 Å². The second kappa shape index (κ2) is 6.57. The number of carbonyl (C=O) groups is 1. The van der Waals surface area contributed by atoms with Crippen LogP contribution in [0.4, 0.5) is 0 Å². The van der Waals surface area contributed by atoms with Crippen molar-refractivity contribution in [3.05, 3.63) is 76.4 Å². The maximum absolute atomic E-state index is 12.2. The summed E-state index contributed by atoms with van der Waals surface area (Å²) in [6.07, 6.45) is 0. The number of hydrogen-bond donors (Lipinski definition) is 1. The smallest absolute Gasteiger partial charge is 0.251 e. The predicted octanol–water partition coefficient (Wildman–Crippen LogP) is 4.78. The third-order valence-electron chi connectivity index (χ3n) is 3.74. The molecule has 4 rings (SSSR count). The Morgan fingerprint density at radius 3 is 2.76 bits per heavy atom. The van der Waals surface area contributed by atoms with Gasteiger partial charge in [0.05, 0.1) is 6.54 Å². The van der Waals surface area contributed by atoms with E-state index < -0.39 is 0 Å². The summed E-state index contributed by atoms with van der Waals surface area (Å²) in [6.45, 7) is 0.273. The van der Waals surface area contributed by atoms with Crippen LogP contribution in [-0.4, -0.2) is 11.1 Å². The van der Waals surface area contributed by atoms with Gasteiger partial charge in [0.15, 0.2) is 5.76 Å². The summed E-state index contributed by atoms with van der Waals surface area (Å²) in [4.78, 5) is 12.2. The number of furan rings is 1. The zero-order valence-electron chi connectivity index (χ0n) is 13.0. The summed E-state index contributed by atoms with van der Waals surface area (Å²) < 4.78 is 11.9. The Balaban J connectivity index is 1.47. The van der Waals surface area contributed by atoms with Crippen LogP contribution >= 0.6 is 15.9 Å². The highest BCUT2D eigenvalue weighted by Crippen LogP contribution is 2.28. The van der Waals surface area contributed by atoms with E-state index >= 15 is 0 Å². The van der Waals surface area contributed by atoms with Gasteiger partial charge in [0, 0.05) is 21.5 Å². The summed E-state index contributed by atoms with van der Waals surface area (Å²) in [6, 6.07) is 18.6. The van der Waals surface area contributed by atoms with Gasteiger partial charge in [-0.2, -0.15) is 0 Å². The average Bonchev–Trinajstić information content (AvgIpc) is 3.26. The van der Waals surface area contributed by atoms with Crippen molar-refractivity contribution >= 4 is 32.8 Å². The van der Waals surface area contributed by atoms with E-state index in [1.807, 2.05) is 42.5 Å². The maximum Gasteiger partial charge on any atom is 0.251 e. The van der Waals surface area contributed by atoms with E-state index in [1.165, 1.54) is 0 Å². The molecule has 0 aliphatic heterocycles. The number of rotatable bonds is 4. The minimum Gasteiger partial charge on any atom is -0.453 e. The molecule has 2 aromatic heterocycles. The number of amides is 1. The van der Waals surface area contributed by atoms with Crippen LogP contribution in [0.1, 0.15) is 16.1 Å². The largest absolute Gasteiger partial charge is 0.453 e. The van der Waals surface area contributed by atoms with Crippen LogP contribution in [0.25, 0.3) is 22.5 Å². The number of benzene rings is 2. The van der Waals surface area contributed by atoms with Crippen molar-refractivity contribution in [1.29, 1.82) is 0 Å². The number of aromatic nitrogens is 1. The second-order valence-electron chi connectivity index (χ2n) is 5.52. The molecule has 124 valence electrons. The number of carbonyl (C=O) groups excluding carboxylic acids is 1. The lowest BCUT2D eigenvalue weighted by molar-refractivity contribution is 0.0950. The molecule has 0 aliphatic carbocycles. The summed E-state index contributed by atoms with van der Waals surface area (Å²) >= 11 is 3.35. The number of fused-ring (bicyclic) bond motifs is 1. The molecule has 0 radical (unpaired) electrons. The standard InChI is InChI=1S/C19H13BrN2O3/c20-14-6-3-5-13(8-14)19(23)21-11-15-10-18(25-22-15)17-9-12-4-1-2-7-16(12)24-17/h1-10H,11H2,(H,21,23). The van der Waals surface area contributed by atoms with Crippen molar-refractivity contribution in [1.82, 2.24) is 10.5 Å². The Morgan fingerprint density at radius 1 is 1.04 bits per heavy atom. The molecule has 1 N–H and O–H groups in total.